The van der Waals surface area contributed by atoms with Crippen molar-refractivity contribution in [3.8, 4) is 5.75 Å². The number of aliphatic carboxylic acids is 1. The molecule has 1 unspecified atom stereocenters. The molecule has 0 bridgehead atoms. The molecular formula is C13H10AtF8NO4. The van der Waals surface area contributed by atoms with E-state index in [1.807, 2.05) is 0 Å². The molecule has 27 heavy (non-hydrogen) atoms. The molecule has 5 nitrogen and oxygen atoms in total. The van der Waals surface area contributed by atoms with Gasteiger partial charge in [-0.3, -0.25) is 0 Å². The van der Waals surface area contributed by atoms with E-state index in [2.05, 4.69) is 4.74 Å². The Balaban J connectivity index is 4.08. The van der Waals surface area contributed by atoms with E-state index in [4.69, 9.17) is 10.8 Å². The summed E-state index contributed by atoms with van der Waals surface area (Å²) in [6, 6.07) is -2.15. The Labute approximate surface area is 160 Å². The predicted molar refractivity (Wildman–Crippen MR) is 67.9 cm³/mol. The third-order valence-corrected chi connectivity index (χ3v) is 4.88. The van der Waals surface area contributed by atoms with Crippen LogP contribution in [0.5, 0.6) is 5.75 Å². The molecule has 0 saturated carbocycles. The van der Waals surface area contributed by atoms with Crippen molar-refractivity contribution in [3.05, 3.63) is 22.8 Å². The summed E-state index contributed by atoms with van der Waals surface area (Å²) >= 11 is -0.0861. The molecule has 0 aromatic heterocycles. The van der Waals surface area contributed by atoms with Crippen LogP contribution in [0, 0.1) is 36.4 Å². The summed E-state index contributed by atoms with van der Waals surface area (Å²) in [7, 11) is 0.688. The van der Waals surface area contributed by atoms with E-state index in [-0.39, 0.29) is 24.7 Å². The van der Waals surface area contributed by atoms with Crippen LogP contribution in [0.2, 0.25) is 0 Å². The Morgan fingerprint density at radius 1 is 1.15 bits per heavy atom. The van der Waals surface area contributed by atoms with Gasteiger partial charge in [0.05, 0.1) is 0 Å². The van der Waals surface area contributed by atoms with Crippen LogP contribution in [0.1, 0.15) is 11.1 Å². The number of carboxylic acid groups (broad SMARTS) is 1. The first-order valence-corrected chi connectivity index (χ1v) is 8.07. The van der Waals surface area contributed by atoms with Crippen molar-refractivity contribution in [2.45, 2.75) is 30.4 Å². The van der Waals surface area contributed by atoms with E-state index in [0.717, 1.165) is 0 Å². The molecule has 0 aliphatic carbocycles. The number of methoxy groups -OCH3 is 1. The second-order valence-electron chi connectivity index (χ2n) is 5.18. The molecule has 0 fully saturated rings. The van der Waals surface area contributed by atoms with Gasteiger partial charge in [-0.2, -0.15) is 0 Å². The standard InChI is InChI=1S/C13H10AtF8NO4/c1-27-9-7(15)3(2-4(23)10(24)25)5(6(14)8(9)16)11(26,12(17,18)19)13(20,21)22/h4,26H,2,23H2,1H3,(H,24,25). The Morgan fingerprint density at radius 3 is 1.93 bits per heavy atom. The van der Waals surface area contributed by atoms with Crippen molar-refractivity contribution in [3.63, 3.8) is 0 Å². The number of aliphatic hydroxyl groups is 1. The van der Waals surface area contributed by atoms with Gasteiger partial charge in [-0.05, 0) is 0 Å². The van der Waals surface area contributed by atoms with Crippen LogP contribution in [0.25, 0.3) is 0 Å². The third kappa shape index (κ3) is 3.97. The average Bonchev–Trinajstić information content (AvgIpc) is 2.50. The molecule has 14 heteroatoms. The second kappa shape index (κ2) is 7.63. The minimum absolute atomic E-state index is 0.0861. The predicted octanol–water partition coefficient (Wildman–Crippen LogP) is 1.41. The first kappa shape index (κ1) is 23.8. The molecule has 1 aromatic carbocycles. The van der Waals surface area contributed by atoms with E-state index >= 15 is 0 Å². The van der Waals surface area contributed by atoms with Crippen molar-refractivity contribution < 1.29 is 79.6 Å². The SMILES string of the molecule is COc1c(F)c([At])c(C(O)(C(F)(F)F)C(F)(F)F)c(CC(N)C(=O)O)c1F. The van der Waals surface area contributed by atoms with Gasteiger partial charge in [-0.15, -0.1) is 0 Å². The monoisotopic (exact) mass is 606 g/mol. The van der Waals surface area contributed by atoms with Gasteiger partial charge in [0.1, 0.15) is 0 Å². The number of halogens is 8. The molecule has 0 aliphatic rings. The van der Waals surface area contributed by atoms with Crippen LogP contribution in [0.3, 0.4) is 0 Å². The average molecular weight is 606 g/mol. The number of benzene rings is 1. The van der Waals surface area contributed by atoms with Gasteiger partial charge in [0.2, 0.25) is 0 Å². The van der Waals surface area contributed by atoms with Crippen LogP contribution in [0.4, 0.5) is 35.1 Å². The summed E-state index contributed by atoms with van der Waals surface area (Å²) in [5.74, 6) is -7.15. The van der Waals surface area contributed by atoms with E-state index in [0.29, 0.717) is 7.11 Å². The first-order valence-electron chi connectivity index (χ1n) is 6.60. The zero-order valence-electron chi connectivity index (χ0n) is 13.0. The van der Waals surface area contributed by atoms with Gasteiger partial charge in [0, 0.05) is 0 Å². The molecule has 0 saturated heterocycles. The number of hydrogen-bond acceptors (Lipinski definition) is 4. The maximum atomic E-state index is 14.5. The molecule has 0 heterocycles. The molecule has 1 atom stereocenters. The Morgan fingerprint density at radius 2 is 1.59 bits per heavy atom. The quantitative estimate of drug-likeness (QED) is 0.442. The van der Waals surface area contributed by atoms with Crippen molar-refractivity contribution in [2.75, 3.05) is 7.11 Å². The zero-order valence-corrected chi connectivity index (χ0v) is 15.9. The molecule has 1 rings (SSSR count). The Bertz CT molecular complexity index is 736. The summed E-state index contributed by atoms with van der Waals surface area (Å²) in [4.78, 5) is 10.8. The molecular weight excluding hydrogens is 596 g/mol. The number of rotatable bonds is 5. The summed E-state index contributed by atoms with van der Waals surface area (Å²) in [5.41, 5.74) is -4.36. The van der Waals surface area contributed by atoms with Crippen LogP contribution in [-0.2, 0) is 16.8 Å². The number of carboxylic acids is 1. The molecule has 0 spiro atoms. The van der Waals surface area contributed by atoms with Crippen LogP contribution in [-0.4, -0.2) is 41.7 Å². The van der Waals surface area contributed by atoms with Crippen LogP contribution >= 0.6 is 0 Å². The van der Waals surface area contributed by atoms with E-state index in [1.54, 1.807) is 0 Å². The number of nitrogens with two attached hydrogens (primary N) is 1. The van der Waals surface area contributed by atoms with Gasteiger partial charge in [0.25, 0.3) is 0 Å². The van der Waals surface area contributed by atoms with Crippen LogP contribution in [0.15, 0.2) is 0 Å². The molecule has 4 N–H and O–H groups in total. The summed E-state index contributed by atoms with van der Waals surface area (Å²) < 4.78 is 111. The van der Waals surface area contributed by atoms with Gasteiger partial charge in [0.15, 0.2) is 0 Å². The van der Waals surface area contributed by atoms with E-state index < -0.39 is 68.2 Å². The number of ether oxygens (including phenoxy) is 1. The molecule has 0 aliphatic heterocycles. The Kier molecular flexibility index (Phi) is 6.72. The van der Waals surface area contributed by atoms with Crippen molar-refractivity contribution in [2.24, 2.45) is 5.73 Å². The molecule has 1 aromatic rings. The number of alkyl halides is 6. The molecule has 0 amide bonds. The van der Waals surface area contributed by atoms with E-state index in [9.17, 15) is 45.0 Å². The number of carbonyl (C=O) groups is 1. The fourth-order valence-electron chi connectivity index (χ4n) is 2.18. The van der Waals surface area contributed by atoms with Gasteiger partial charge < -0.3 is 0 Å². The zero-order chi connectivity index (χ0) is 21.5. The summed E-state index contributed by atoms with van der Waals surface area (Å²) in [6.45, 7) is 0. The van der Waals surface area contributed by atoms with Gasteiger partial charge in [-0.1, -0.05) is 0 Å². The normalized spacial score (nSPS) is 14.2. The number of hydrogen-bond donors (Lipinski definition) is 3. The summed E-state index contributed by atoms with van der Waals surface area (Å²) in [5, 5.41) is 18.3. The van der Waals surface area contributed by atoms with Crippen molar-refractivity contribution in [1.29, 1.82) is 0 Å². The van der Waals surface area contributed by atoms with Gasteiger partial charge in [-0.25, -0.2) is 0 Å². The second-order valence-corrected chi connectivity index (χ2v) is 6.65. The summed E-state index contributed by atoms with van der Waals surface area (Å²) in [6.07, 6.45) is -14.3. The fourth-order valence-corrected chi connectivity index (χ4v) is 3.49. The third-order valence-electron chi connectivity index (χ3n) is 3.51. The first-order chi connectivity index (χ1) is 12.0. The molecule has 154 valence electrons. The van der Waals surface area contributed by atoms with Crippen molar-refractivity contribution in [1.82, 2.24) is 0 Å². The van der Waals surface area contributed by atoms with Crippen molar-refractivity contribution >= 4 is 9.24 Å². The topological polar surface area (TPSA) is 92.8 Å². The van der Waals surface area contributed by atoms with Crippen LogP contribution < -0.4 is 13.7 Å². The van der Waals surface area contributed by atoms with Gasteiger partial charge >= 0.3 is 161 Å². The Hall–Kier alpha value is -1.27. The maximum absolute atomic E-state index is 14.5. The fraction of sp³-hybridized carbons (Fsp3) is 0.462. The van der Waals surface area contributed by atoms with E-state index in [1.165, 1.54) is 0 Å². The molecule has 0 radical (unpaired) electrons. The minimum atomic E-state index is -6.44.